The van der Waals surface area contributed by atoms with Crippen LogP contribution in [0.4, 0.5) is 0 Å². The quantitative estimate of drug-likeness (QED) is 0.935. The highest BCUT2D eigenvalue weighted by atomic mass is 35.5. The Morgan fingerprint density at radius 1 is 1.27 bits per heavy atom. The second-order valence-corrected chi connectivity index (χ2v) is 5.73. The summed E-state index contributed by atoms with van der Waals surface area (Å²) in [5.41, 5.74) is 2.50. The van der Waals surface area contributed by atoms with Gasteiger partial charge in [-0.3, -0.25) is 9.59 Å². The molecule has 0 aliphatic heterocycles. The van der Waals surface area contributed by atoms with Crippen molar-refractivity contribution in [2.24, 2.45) is 0 Å². The first-order valence-electron chi connectivity index (χ1n) is 7.27. The first-order valence-corrected chi connectivity index (χ1v) is 7.65. The number of carbonyl (C=O) groups is 1. The minimum atomic E-state index is -0.189. The van der Waals surface area contributed by atoms with Crippen molar-refractivity contribution in [1.29, 1.82) is 0 Å². The lowest BCUT2D eigenvalue weighted by Crippen LogP contribution is -2.32. The van der Waals surface area contributed by atoms with E-state index in [0.717, 1.165) is 30.5 Å². The van der Waals surface area contributed by atoms with Crippen LogP contribution >= 0.6 is 11.6 Å². The van der Waals surface area contributed by atoms with Crippen molar-refractivity contribution in [3.05, 3.63) is 62.5 Å². The molecule has 0 radical (unpaired) electrons. The standard InChI is InChI=1S/C16H16ClN3O2/c17-13-6-4-11(5-7-13)16(22)18-8-9-20-15(21)10-12-2-1-3-14(12)19-20/h4-7,10H,1-3,8-9H2,(H,18,22). The molecule has 0 bridgehead atoms. The zero-order valence-electron chi connectivity index (χ0n) is 12.0. The molecule has 1 aromatic heterocycles. The van der Waals surface area contributed by atoms with Gasteiger partial charge in [0.15, 0.2) is 0 Å². The molecule has 1 aliphatic rings. The van der Waals surface area contributed by atoms with E-state index in [0.29, 0.717) is 23.7 Å². The third-order valence-corrected chi connectivity index (χ3v) is 3.99. The van der Waals surface area contributed by atoms with Crippen molar-refractivity contribution >= 4 is 17.5 Å². The number of aromatic nitrogens is 2. The van der Waals surface area contributed by atoms with E-state index in [4.69, 9.17) is 11.6 Å². The molecule has 0 fully saturated rings. The molecule has 22 heavy (non-hydrogen) atoms. The zero-order chi connectivity index (χ0) is 15.5. The largest absolute Gasteiger partial charge is 0.350 e. The highest BCUT2D eigenvalue weighted by Gasteiger charge is 2.14. The molecule has 1 heterocycles. The fourth-order valence-electron chi connectivity index (χ4n) is 2.58. The van der Waals surface area contributed by atoms with Crippen LogP contribution in [0.15, 0.2) is 35.1 Å². The summed E-state index contributed by atoms with van der Waals surface area (Å²) >= 11 is 5.79. The Morgan fingerprint density at radius 3 is 2.82 bits per heavy atom. The highest BCUT2D eigenvalue weighted by molar-refractivity contribution is 6.30. The summed E-state index contributed by atoms with van der Waals surface area (Å²) in [6.45, 7) is 0.721. The van der Waals surface area contributed by atoms with Crippen LogP contribution < -0.4 is 10.9 Å². The molecular formula is C16H16ClN3O2. The van der Waals surface area contributed by atoms with Crippen LogP contribution in [0.3, 0.4) is 0 Å². The Kier molecular flexibility index (Phi) is 4.24. The number of hydrogen-bond donors (Lipinski definition) is 1. The van der Waals surface area contributed by atoms with Crippen LogP contribution in [0, 0.1) is 0 Å². The second kappa shape index (κ2) is 6.32. The summed E-state index contributed by atoms with van der Waals surface area (Å²) in [7, 11) is 0. The van der Waals surface area contributed by atoms with Crippen LogP contribution in [0.1, 0.15) is 28.0 Å². The number of hydrogen-bond acceptors (Lipinski definition) is 3. The van der Waals surface area contributed by atoms with Gasteiger partial charge in [0.1, 0.15) is 0 Å². The molecule has 1 amide bonds. The maximum Gasteiger partial charge on any atom is 0.267 e. The van der Waals surface area contributed by atoms with Crippen molar-refractivity contribution < 1.29 is 4.79 Å². The number of rotatable bonds is 4. The molecule has 3 rings (SSSR count). The summed E-state index contributed by atoms with van der Waals surface area (Å²) in [4.78, 5) is 23.9. The van der Waals surface area contributed by atoms with Crippen LogP contribution in [0.25, 0.3) is 0 Å². The number of amides is 1. The molecule has 114 valence electrons. The SMILES string of the molecule is O=C(NCCn1nc2c(cc1=O)CCC2)c1ccc(Cl)cc1. The number of fused-ring (bicyclic) bond motifs is 1. The lowest BCUT2D eigenvalue weighted by molar-refractivity contribution is 0.0951. The van der Waals surface area contributed by atoms with Gasteiger partial charge in [0, 0.05) is 23.2 Å². The summed E-state index contributed by atoms with van der Waals surface area (Å²) < 4.78 is 1.42. The molecule has 1 N–H and O–H groups in total. The van der Waals surface area contributed by atoms with E-state index < -0.39 is 0 Å². The Balaban J connectivity index is 1.60. The summed E-state index contributed by atoms with van der Waals surface area (Å²) in [6, 6.07) is 8.33. The van der Waals surface area contributed by atoms with Crippen molar-refractivity contribution in [3.63, 3.8) is 0 Å². The van der Waals surface area contributed by atoms with Gasteiger partial charge in [-0.1, -0.05) is 11.6 Å². The van der Waals surface area contributed by atoms with Crippen molar-refractivity contribution in [1.82, 2.24) is 15.1 Å². The second-order valence-electron chi connectivity index (χ2n) is 5.29. The number of nitrogens with one attached hydrogen (secondary N) is 1. The fraction of sp³-hybridized carbons (Fsp3) is 0.312. The summed E-state index contributed by atoms with van der Waals surface area (Å²) in [5.74, 6) is -0.189. The predicted molar refractivity (Wildman–Crippen MR) is 84.3 cm³/mol. The first-order chi connectivity index (χ1) is 10.6. The maximum atomic E-state index is 12.0. The molecule has 5 nitrogen and oxygen atoms in total. The van der Waals surface area contributed by atoms with Gasteiger partial charge in [0.05, 0.1) is 12.2 Å². The lowest BCUT2D eigenvalue weighted by Gasteiger charge is -2.08. The molecule has 0 atom stereocenters. The Morgan fingerprint density at radius 2 is 2.05 bits per heavy atom. The molecule has 2 aromatic rings. The third-order valence-electron chi connectivity index (χ3n) is 3.74. The van der Waals surface area contributed by atoms with Gasteiger partial charge in [-0.15, -0.1) is 0 Å². The minimum Gasteiger partial charge on any atom is -0.350 e. The van der Waals surface area contributed by atoms with Gasteiger partial charge >= 0.3 is 0 Å². The predicted octanol–water partition coefficient (Wildman–Crippen LogP) is 1.82. The van der Waals surface area contributed by atoms with E-state index in [1.807, 2.05) is 0 Å². The number of nitrogens with zero attached hydrogens (tertiary/aromatic N) is 2. The Bertz CT molecular complexity index is 753. The topological polar surface area (TPSA) is 64.0 Å². The van der Waals surface area contributed by atoms with Gasteiger partial charge in [0.2, 0.25) is 0 Å². The maximum absolute atomic E-state index is 12.0. The molecule has 0 saturated heterocycles. The molecule has 6 heteroatoms. The molecule has 0 saturated carbocycles. The number of carbonyl (C=O) groups excluding carboxylic acids is 1. The minimum absolute atomic E-state index is 0.110. The number of benzene rings is 1. The van der Waals surface area contributed by atoms with E-state index in [9.17, 15) is 9.59 Å². The van der Waals surface area contributed by atoms with E-state index in [1.165, 1.54) is 4.68 Å². The van der Waals surface area contributed by atoms with Crippen molar-refractivity contribution in [2.75, 3.05) is 6.54 Å². The molecule has 0 unspecified atom stereocenters. The monoisotopic (exact) mass is 317 g/mol. The zero-order valence-corrected chi connectivity index (χ0v) is 12.8. The highest BCUT2D eigenvalue weighted by Crippen LogP contribution is 2.16. The van der Waals surface area contributed by atoms with Gasteiger partial charge < -0.3 is 5.32 Å². The summed E-state index contributed by atoms with van der Waals surface area (Å²) in [5, 5.41) is 7.74. The van der Waals surface area contributed by atoms with Crippen LogP contribution in [-0.2, 0) is 19.4 Å². The van der Waals surface area contributed by atoms with E-state index in [2.05, 4.69) is 10.4 Å². The average Bonchev–Trinajstić information content (AvgIpc) is 2.95. The van der Waals surface area contributed by atoms with Crippen LogP contribution in [0.5, 0.6) is 0 Å². The van der Waals surface area contributed by atoms with Gasteiger partial charge in [-0.05, 0) is 49.1 Å². The van der Waals surface area contributed by atoms with E-state index in [-0.39, 0.29) is 11.5 Å². The molecule has 0 spiro atoms. The van der Waals surface area contributed by atoms with E-state index in [1.54, 1.807) is 30.3 Å². The fourth-order valence-corrected chi connectivity index (χ4v) is 2.70. The van der Waals surface area contributed by atoms with Crippen molar-refractivity contribution in [2.45, 2.75) is 25.8 Å². The third kappa shape index (κ3) is 3.20. The number of aryl methyl sites for hydroxylation is 2. The smallest absolute Gasteiger partial charge is 0.267 e. The Labute approximate surface area is 132 Å². The van der Waals surface area contributed by atoms with Gasteiger partial charge in [-0.2, -0.15) is 5.10 Å². The van der Waals surface area contributed by atoms with Crippen LogP contribution in [0.2, 0.25) is 5.02 Å². The molecular weight excluding hydrogens is 302 g/mol. The molecule has 1 aromatic carbocycles. The van der Waals surface area contributed by atoms with E-state index >= 15 is 0 Å². The molecule has 1 aliphatic carbocycles. The van der Waals surface area contributed by atoms with Crippen LogP contribution in [-0.4, -0.2) is 22.2 Å². The normalized spacial score (nSPS) is 13.0. The van der Waals surface area contributed by atoms with Gasteiger partial charge in [0.25, 0.3) is 11.5 Å². The average molecular weight is 318 g/mol. The summed E-state index contributed by atoms with van der Waals surface area (Å²) in [6.07, 6.45) is 2.91. The van der Waals surface area contributed by atoms with Gasteiger partial charge in [-0.25, -0.2) is 4.68 Å². The first kappa shape index (κ1) is 14.8. The Hall–Kier alpha value is -2.14. The lowest BCUT2D eigenvalue weighted by atomic mass is 10.2. The number of halogens is 1. The van der Waals surface area contributed by atoms with Crippen molar-refractivity contribution in [3.8, 4) is 0 Å².